The van der Waals surface area contributed by atoms with Crippen LogP contribution in [0.4, 0.5) is 11.4 Å². The fraction of sp³-hybridized carbons (Fsp3) is 0.222. The Morgan fingerprint density at radius 1 is 0.913 bits per heavy atom. The Bertz CT molecular complexity index is 642. The van der Waals surface area contributed by atoms with Crippen LogP contribution >= 0.6 is 11.8 Å². The standard InChI is InChI=1S/C18H20N2O2S/c1-14(21)19-16-7-9-17(10-8-16)20-18(22)11-12-23-13-15-5-3-2-4-6-15/h2-10H,11-13H2,1H3,(H,19,21)(H,20,22). The average Bonchev–Trinajstić information content (AvgIpc) is 2.54. The highest BCUT2D eigenvalue weighted by Gasteiger charge is 2.03. The largest absolute Gasteiger partial charge is 0.326 e. The Balaban J connectivity index is 1.69. The van der Waals surface area contributed by atoms with E-state index in [4.69, 9.17) is 0 Å². The first-order valence-electron chi connectivity index (χ1n) is 7.42. The van der Waals surface area contributed by atoms with Crippen molar-refractivity contribution in [1.82, 2.24) is 0 Å². The molecule has 2 N–H and O–H groups in total. The Morgan fingerprint density at radius 3 is 2.13 bits per heavy atom. The quantitative estimate of drug-likeness (QED) is 0.758. The molecule has 0 heterocycles. The molecule has 0 unspecified atom stereocenters. The maximum absolute atomic E-state index is 11.9. The molecular formula is C18H20N2O2S. The summed E-state index contributed by atoms with van der Waals surface area (Å²) in [7, 11) is 0. The zero-order valence-corrected chi connectivity index (χ0v) is 13.9. The SMILES string of the molecule is CC(=O)Nc1ccc(NC(=O)CCSCc2ccccc2)cc1. The molecule has 0 saturated carbocycles. The summed E-state index contributed by atoms with van der Waals surface area (Å²) in [5.41, 5.74) is 2.72. The second-order valence-corrected chi connectivity index (χ2v) is 6.20. The maximum Gasteiger partial charge on any atom is 0.225 e. The highest BCUT2D eigenvalue weighted by atomic mass is 32.2. The molecule has 4 nitrogen and oxygen atoms in total. The summed E-state index contributed by atoms with van der Waals surface area (Å²) in [5, 5.41) is 5.54. The van der Waals surface area contributed by atoms with Crippen LogP contribution in [0.3, 0.4) is 0 Å². The molecule has 0 aliphatic heterocycles. The van der Waals surface area contributed by atoms with Crippen molar-refractivity contribution in [2.24, 2.45) is 0 Å². The van der Waals surface area contributed by atoms with Gasteiger partial charge >= 0.3 is 0 Å². The molecule has 2 amide bonds. The lowest BCUT2D eigenvalue weighted by molar-refractivity contribution is -0.116. The van der Waals surface area contributed by atoms with Gasteiger partial charge in [0, 0.05) is 36.2 Å². The summed E-state index contributed by atoms with van der Waals surface area (Å²) in [6, 6.07) is 17.3. The van der Waals surface area contributed by atoms with Crippen LogP contribution in [-0.4, -0.2) is 17.6 Å². The predicted molar refractivity (Wildman–Crippen MR) is 96.6 cm³/mol. The van der Waals surface area contributed by atoms with Crippen molar-refractivity contribution in [1.29, 1.82) is 0 Å². The zero-order valence-electron chi connectivity index (χ0n) is 13.0. The first kappa shape index (κ1) is 17.1. The molecule has 5 heteroatoms. The van der Waals surface area contributed by atoms with Crippen molar-refractivity contribution in [2.45, 2.75) is 19.1 Å². The topological polar surface area (TPSA) is 58.2 Å². The summed E-state index contributed by atoms with van der Waals surface area (Å²) >= 11 is 1.75. The van der Waals surface area contributed by atoms with Gasteiger partial charge in [-0.25, -0.2) is 0 Å². The van der Waals surface area contributed by atoms with Crippen molar-refractivity contribution >= 4 is 35.0 Å². The van der Waals surface area contributed by atoms with Gasteiger partial charge in [-0.2, -0.15) is 11.8 Å². The number of rotatable bonds is 7. The minimum absolute atomic E-state index is 0.00200. The van der Waals surface area contributed by atoms with Crippen LogP contribution in [0, 0.1) is 0 Å². The van der Waals surface area contributed by atoms with Crippen molar-refractivity contribution in [3.63, 3.8) is 0 Å². The third-order valence-electron chi connectivity index (χ3n) is 3.07. The summed E-state index contributed by atoms with van der Waals surface area (Å²) in [5.74, 6) is 1.58. The van der Waals surface area contributed by atoms with Crippen LogP contribution < -0.4 is 10.6 Å². The van der Waals surface area contributed by atoms with Gasteiger partial charge in [-0.3, -0.25) is 9.59 Å². The molecule has 23 heavy (non-hydrogen) atoms. The van der Waals surface area contributed by atoms with Gasteiger partial charge in [0.25, 0.3) is 0 Å². The van der Waals surface area contributed by atoms with E-state index in [-0.39, 0.29) is 11.8 Å². The average molecular weight is 328 g/mol. The number of nitrogens with one attached hydrogen (secondary N) is 2. The number of benzene rings is 2. The van der Waals surface area contributed by atoms with Crippen molar-refractivity contribution in [3.05, 3.63) is 60.2 Å². The predicted octanol–water partition coefficient (Wildman–Crippen LogP) is 3.91. The highest BCUT2D eigenvalue weighted by Crippen LogP contribution is 2.15. The third kappa shape index (κ3) is 6.57. The third-order valence-corrected chi connectivity index (χ3v) is 4.10. The van der Waals surface area contributed by atoms with Crippen molar-refractivity contribution in [3.8, 4) is 0 Å². The van der Waals surface area contributed by atoms with Gasteiger partial charge in [0.2, 0.25) is 11.8 Å². The molecule has 0 spiro atoms. The fourth-order valence-electron chi connectivity index (χ4n) is 1.99. The van der Waals surface area contributed by atoms with Gasteiger partial charge in [0.1, 0.15) is 0 Å². The number of carbonyl (C=O) groups excluding carboxylic acids is 2. The molecule has 0 aliphatic carbocycles. The molecule has 2 rings (SSSR count). The molecule has 0 fully saturated rings. The molecule has 120 valence electrons. The lowest BCUT2D eigenvalue weighted by atomic mass is 10.2. The summed E-state index contributed by atoms with van der Waals surface area (Å²) < 4.78 is 0. The normalized spacial score (nSPS) is 10.1. The van der Waals surface area contributed by atoms with E-state index in [1.807, 2.05) is 18.2 Å². The van der Waals surface area contributed by atoms with E-state index in [0.717, 1.165) is 17.2 Å². The van der Waals surface area contributed by atoms with Crippen molar-refractivity contribution in [2.75, 3.05) is 16.4 Å². The molecule has 0 aliphatic rings. The Hall–Kier alpha value is -2.27. The van der Waals surface area contributed by atoms with E-state index in [1.165, 1.54) is 12.5 Å². The number of thioether (sulfide) groups is 1. The number of anilines is 2. The monoisotopic (exact) mass is 328 g/mol. The lowest BCUT2D eigenvalue weighted by Crippen LogP contribution is -2.12. The number of hydrogen-bond acceptors (Lipinski definition) is 3. The Labute approximate surface area is 140 Å². The van der Waals surface area contributed by atoms with Crippen LogP contribution in [0.2, 0.25) is 0 Å². The maximum atomic E-state index is 11.9. The van der Waals surface area contributed by atoms with Gasteiger partial charge in [-0.05, 0) is 29.8 Å². The van der Waals surface area contributed by atoms with Crippen LogP contribution in [0.25, 0.3) is 0 Å². The van der Waals surface area contributed by atoms with E-state index >= 15 is 0 Å². The Morgan fingerprint density at radius 2 is 1.52 bits per heavy atom. The van der Waals surface area contributed by atoms with E-state index in [1.54, 1.807) is 36.0 Å². The van der Waals surface area contributed by atoms with Crippen LogP contribution in [0.15, 0.2) is 54.6 Å². The molecule has 0 bridgehead atoms. The van der Waals surface area contributed by atoms with E-state index in [2.05, 4.69) is 22.8 Å². The highest BCUT2D eigenvalue weighted by molar-refractivity contribution is 7.98. The molecule has 0 saturated heterocycles. The fourth-order valence-corrected chi connectivity index (χ4v) is 2.89. The van der Waals surface area contributed by atoms with Crippen LogP contribution in [0.1, 0.15) is 18.9 Å². The first-order valence-corrected chi connectivity index (χ1v) is 8.58. The van der Waals surface area contributed by atoms with Crippen LogP contribution in [-0.2, 0) is 15.3 Å². The minimum Gasteiger partial charge on any atom is -0.326 e. The van der Waals surface area contributed by atoms with E-state index in [9.17, 15) is 9.59 Å². The van der Waals surface area contributed by atoms with Crippen molar-refractivity contribution < 1.29 is 9.59 Å². The van der Waals surface area contributed by atoms with Gasteiger partial charge < -0.3 is 10.6 Å². The van der Waals surface area contributed by atoms with Gasteiger partial charge in [-0.1, -0.05) is 30.3 Å². The number of amides is 2. The molecular weight excluding hydrogens is 308 g/mol. The van der Waals surface area contributed by atoms with Gasteiger partial charge in [0.05, 0.1) is 0 Å². The van der Waals surface area contributed by atoms with Gasteiger partial charge in [-0.15, -0.1) is 0 Å². The summed E-state index contributed by atoms with van der Waals surface area (Å²) in [6.07, 6.45) is 0.477. The zero-order chi connectivity index (χ0) is 16.5. The van der Waals surface area contributed by atoms with Crippen LogP contribution in [0.5, 0.6) is 0 Å². The molecule has 0 aromatic heterocycles. The molecule has 0 radical (unpaired) electrons. The first-order chi connectivity index (χ1) is 11.1. The smallest absolute Gasteiger partial charge is 0.225 e. The van der Waals surface area contributed by atoms with E-state index in [0.29, 0.717) is 12.1 Å². The second-order valence-electron chi connectivity index (χ2n) is 5.09. The number of carbonyl (C=O) groups is 2. The molecule has 0 atom stereocenters. The van der Waals surface area contributed by atoms with Gasteiger partial charge in [0.15, 0.2) is 0 Å². The number of hydrogen-bond donors (Lipinski definition) is 2. The second kappa shape index (κ2) is 9.00. The minimum atomic E-state index is -0.114. The molecule has 2 aromatic rings. The van der Waals surface area contributed by atoms with E-state index < -0.39 is 0 Å². The lowest BCUT2D eigenvalue weighted by Gasteiger charge is -2.07. The molecule has 2 aromatic carbocycles. The Kier molecular flexibility index (Phi) is 6.69. The summed E-state index contributed by atoms with van der Waals surface area (Å²) in [6.45, 7) is 1.46. The summed E-state index contributed by atoms with van der Waals surface area (Å²) in [4.78, 5) is 22.8.